The van der Waals surface area contributed by atoms with Crippen molar-refractivity contribution in [3.8, 4) is 10.7 Å². The molecular formula is C18H18ClN3S. The molecule has 3 aromatic rings. The Morgan fingerprint density at radius 2 is 1.96 bits per heavy atom. The summed E-state index contributed by atoms with van der Waals surface area (Å²) in [7, 11) is 0. The van der Waals surface area contributed by atoms with E-state index >= 15 is 0 Å². The molecule has 3 nitrogen and oxygen atoms in total. The Bertz CT molecular complexity index is 810. The van der Waals surface area contributed by atoms with Crippen LogP contribution in [0.5, 0.6) is 0 Å². The van der Waals surface area contributed by atoms with Gasteiger partial charge in [0.25, 0.3) is 0 Å². The molecule has 2 heterocycles. The van der Waals surface area contributed by atoms with Gasteiger partial charge in [-0.2, -0.15) is 0 Å². The third-order valence-electron chi connectivity index (χ3n) is 4.35. The Hall–Kier alpha value is -1.65. The van der Waals surface area contributed by atoms with E-state index in [-0.39, 0.29) is 0 Å². The van der Waals surface area contributed by atoms with Crippen molar-refractivity contribution in [1.29, 1.82) is 0 Å². The van der Waals surface area contributed by atoms with Crippen molar-refractivity contribution in [1.82, 2.24) is 9.97 Å². The van der Waals surface area contributed by atoms with Gasteiger partial charge in [-0.05, 0) is 42.5 Å². The molecule has 1 saturated carbocycles. The lowest BCUT2D eigenvalue weighted by molar-refractivity contribution is 0.462. The van der Waals surface area contributed by atoms with Crippen molar-refractivity contribution in [2.45, 2.75) is 38.1 Å². The van der Waals surface area contributed by atoms with Gasteiger partial charge in [-0.15, -0.1) is 11.3 Å². The first-order valence-electron chi connectivity index (χ1n) is 8.07. The molecule has 0 aliphatic heterocycles. The maximum absolute atomic E-state index is 6.16. The fourth-order valence-electron chi connectivity index (χ4n) is 3.17. The molecule has 5 heteroatoms. The van der Waals surface area contributed by atoms with Gasteiger partial charge in [-0.1, -0.05) is 36.9 Å². The van der Waals surface area contributed by atoms with Crippen LogP contribution in [0.4, 0.5) is 5.82 Å². The zero-order chi connectivity index (χ0) is 15.6. The molecule has 1 aliphatic carbocycles. The fraction of sp³-hybridized carbons (Fsp3) is 0.333. The average molecular weight is 344 g/mol. The second kappa shape index (κ2) is 6.46. The number of nitrogens with one attached hydrogen (secondary N) is 1. The third-order valence-corrected chi connectivity index (χ3v) is 5.45. The molecule has 0 amide bonds. The Kier molecular flexibility index (Phi) is 4.19. The highest BCUT2D eigenvalue weighted by molar-refractivity contribution is 7.13. The standard InChI is InChI=1S/C18H18ClN3S/c19-12-8-9-14-15(11-12)21-18(16-7-4-10-23-16)22-17(14)20-13-5-2-1-3-6-13/h4,7-11,13H,1-3,5-6H2,(H,20,21,22). The van der Waals surface area contributed by atoms with Crippen LogP contribution in [0, 0.1) is 0 Å². The molecule has 2 aromatic heterocycles. The van der Waals surface area contributed by atoms with Gasteiger partial charge in [-0.3, -0.25) is 0 Å². The average Bonchev–Trinajstić information content (AvgIpc) is 3.10. The van der Waals surface area contributed by atoms with E-state index in [1.54, 1.807) is 11.3 Å². The lowest BCUT2D eigenvalue weighted by atomic mass is 9.95. The molecule has 0 unspecified atom stereocenters. The smallest absolute Gasteiger partial charge is 0.172 e. The number of thiophene rings is 1. The number of fused-ring (bicyclic) bond motifs is 1. The minimum Gasteiger partial charge on any atom is -0.367 e. The molecular weight excluding hydrogens is 326 g/mol. The summed E-state index contributed by atoms with van der Waals surface area (Å²) >= 11 is 7.82. The molecule has 0 bridgehead atoms. The van der Waals surface area contributed by atoms with Crippen molar-refractivity contribution in [2.24, 2.45) is 0 Å². The first-order chi connectivity index (χ1) is 11.3. The number of benzene rings is 1. The summed E-state index contributed by atoms with van der Waals surface area (Å²) in [5, 5.41) is 7.45. The summed E-state index contributed by atoms with van der Waals surface area (Å²) in [6, 6.07) is 10.4. The van der Waals surface area contributed by atoms with Crippen molar-refractivity contribution < 1.29 is 0 Å². The van der Waals surface area contributed by atoms with Gasteiger partial charge in [-0.25, -0.2) is 9.97 Å². The van der Waals surface area contributed by atoms with Gasteiger partial charge < -0.3 is 5.32 Å². The molecule has 0 atom stereocenters. The van der Waals surface area contributed by atoms with E-state index in [4.69, 9.17) is 21.6 Å². The van der Waals surface area contributed by atoms with Crippen LogP contribution in [0.25, 0.3) is 21.6 Å². The second-order valence-corrected chi connectivity index (χ2v) is 7.40. The highest BCUT2D eigenvalue weighted by Gasteiger charge is 2.17. The number of aromatic nitrogens is 2. The van der Waals surface area contributed by atoms with E-state index in [9.17, 15) is 0 Å². The number of anilines is 1. The van der Waals surface area contributed by atoms with Gasteiger partial charge in [0.15, 0.2) is 5.82 Å². The Labute approximate surface area is 144 Å². The van der Waals surface area contributed by atoms with E-state index in [1.165, 1.54) is 32.1 Å². The minimum absolute atomic E-state index is 0.508. The van der Waals surface area contributed by atoms with Gasteiger partial charge >= 0.3 is 0 Å². The lowest BCUT2D eigenvalue weighted by Crippen LogP contribution is -2.23. The molecule has 0 spiro atoms. The Morgan fingerprint density at radius 1 is 1.09 bits per heavy atom. The quantitative estimate of drug-likeness (QED) is 0.657. The van der Waals surface area contributed by atoms with Crippen LogP contribution in [0.1, 0.15) is 32.1 Å². The summed E-state index contributed by atoms with van der Waals surface area (Å²) in [6.45, 7) is 0. The summed E-state index contributed by atoms with van der Waals surface area (Å²) in [6.07, 6.45) is 6.37. The zero-order valence-electron chi connectivity index (χ0n) is 12.8. The topological polar surface area (TPSA) is 37.8 Å². The molecule has 0 saturated heterocycles. The summed E-state index contributed by atoms with van der Waals surface area (Å²) in [5.41, 5.74) is 0.897. The molecule has 1 aliphatic rings. The SMILES string of the molecule is Clc1ccc2c(NC3CCCCC3)nc(-c3cccs3)nc2c1. The van der Waals surface area contributed by atoms with Crippen LogP contribution in [-0.2, 0) is 0 Å². The van der Waals surface area contributed by atoms with Crippen molar-refractivity contribution in [3.63, 3.8) is 0 Å². The first-order valence-corrected chi connectivity index (χ1v) is 9.33. The van der Waals surface area contributed by atoms with E-state index in [2.05, 4.69) is 16.8 Å². The zero-order valence-corrected chi connectivity index (χ0v) is 14.3. The Morgan fingerprint density at radius 3 is 2.74 bits per heavy atom. The largest absolute Gasteiger partial charge is 0.367 e. The van der Waals surface area contributed by atoms with Crippen molar-refractivity contribution >= 4 is 39.7 Å². The van der Waals surface area contributed by atoms with Crippen LogP contribution in [-0.4, -0.2) is 16.0 Å². The Balaban J connectivity index is 1.79. The maximum atomic E-state index is 6.16. The monoisotopic (exact) mass is 343 g/mol. The van der Waals surface area contributed by atoms with Crippen LogP contribution >= 0.6 is 22.9 Å². The van der Waals surface area contributed by atoms with Crippen molar-refractivity contribution in [3.05, 3.63) is 40.7 Å². The molecule has 118 valence electrons. The van der Waals surface area contributed by atoms with Crippen LogP contribution in [0.3, 0.4) is 0 Å². The predicted octanol–water partition coefficient (Wildman–Crippen LogP) is 5.76. The highest BCUT2D eigenvalue weighted by Crippen LogP contribution is 2.30. The number of rotatable bonds is 3. The number of nitrogens with zero attached hydrogens (tertiary/aromatic N) is 2. The molecule has 4 rings (SSSR count). The highest BCUT2D eigenvalue weighted by atomic mass is 35.5. The summed E-state index contributed by atoms with van der Waals surface area (Å²) in [5.74, 6) is 1.70. The molecule has 1 N–H and O–H groups in total. The van der Waals surface area contributed by atoms with Crippen LogP contribution in [0.2, 0.25) is 5.02 Å². The molecule has 1 fully saturated rings. The van der Waals surface area contributed by atoms with E-state index in [0.29, 0.717) is 11.1 Å². The summed E-state index contributed by atoms with van der Waals surface area (Å²) < 4.78 is 0. The van der Waals surface area contributed by atoms with Crippen molar-refractivity contribution in [2.75, 3.05) is 5.32 Å². The van der Waals surface area contributed by atoms with Gasteiger partial charge in [0.05, 0.1) is 10.4 Å². The first kappa shape index (κ1) is 14.9. The molecule has 23 heavy (non-hydrogen) atoms. The van der Waals surface area contributed by atoms with Gasteiger partial charge in [0, 0.05) is 16.5 Å². The van der Waals surface area contributed by atoms with E-state index in [0.717, 1.165) is 27.4 Å². The number of hydrogen-bond donors (Lipinski definition) is 1. The second-order valence-electron chi connectivity index (χ2n) is 6.01. The summed E-state index contributed by atoms with van der Waals surface area (Å²) in [4.78, 5) is 10.6. The van der Waals surface area contributed by atoms with E-state index < -0.39 is 0 Å². The van der Waals surface area contributed by atoms with Gasteiger partial charge in [0.1, 0.15) is 5.82 Å². The van der Waals surface area contributed by atoms with Gasteiger partial charge in [0.2, 0.25) is 0 Å². The van der Waals surface area contributed by atoms with E-state index in [1.807, 2.05) is 24.3 Å². The fourth-order valence-corrected chi connectivity index (χ4v) is 3.99. The predicted molar refractivity (Wildman–Crippen MR) is 98.4 cm³/mol. The molecule has 0 radical (unpaired) electrons. The normalized spacial score (nSPS) is 15.9. The van der Waals surface area contributed by atoms with Crippen LogP contribution < -0.4 is 5.32 Å². The third kappa shape index (κ3) is 3.19. The maximum Gasteiger partial charge on any atom is 0.172 e. The number of halogens is 1. The number of hydrogen-bond acceptors (Lipinski definition) is 4. The van der Waals surface area contributed by atoms with Crippen LogP contribution in [0.15, 0.2) is 35.7 Å². The minimum atomic E-state index is 0.508. The lowest BCUT2D eigenvalue weighted by Gasteiger charge is -2.24. The molecule has 1 aromatic carbocycles.